The smallest absolute Gasteiger partial charge is 0.285 e. The van der Waals surface area contributed by atoms with Gasteiger partial charge < -0.3 is 15.1 Å². The number of rotatable bonds is 2. The second-order valence-corrected chi connectivity index (χ2v) is 8.29. The summed E-state index contributed by atoms with van der Waals surface area (Å²) < 4.78 is 28.1. The summed E-state index contributed by atoms with van der Waals surface area (Å²) in [5.41, 5.74) is 0.565. The second kappa shape index (κ2) is 5.56. The normalized spacial score (nSPS) is 26.9. The molecule has 0 saturated carbocycles. The van der Waals surface area contributed by atoms with Gasteiger partial charge in [0, 0.05) is 38.8 Å². The van der Waals surface area contributed by atoms with Crippen LogP contribution in [0.3, 0.4) is 0 Å². The number of nitrogens with zero attached hydrogens (tertiary/aromatic N) is 3. The van der Waals surface area contributed by atoms with Crippen LogP contribution in [0.1, 0.15) is 5.56 Å². The molecule has 2 saturated heterocycles. The molecule has 3 aliphatic rings. The minimum absolute atomic E-state index is 0.0244. The molecule has 1 N–H and O–H groups in total. The molecule has 128 valence electrons. The van der Waals surface area contributed by atoms with Crippen molar-refractivity contribution in [1.82, 2.24) is 15.1 Å². The van der Waals surface area contributed by atoms with Crippen LogP contribution in [0.2, 0.25) is 0 Å². The number of sulfonamides is 1. The molecule has 0 bridgehead atoms. The van der Waals surface area contributed by atoms with Crippen molar-refractivity contribution in [3.63, 3.8) is 0 Å². The number of nitrogens with one attached hydrogen (secondary N) is 1. The Kier molecular flexibility index (Phi) is 3.61. The van der Waals surface area contributed by atoms with Crippen LogP contribution in [-0.2, 0) is 14.8 Å². The van der Waals surface area contributed by atoms with E-state index in [4.69, 9.17) is 0 Å². The van der Waals surface area contributed by atoms with Gasteiger partial charge in [-0.05, 0) is 24.0 Å². The lowest BCUT2D eigenvalue weighted by molar-refractivity contribution is -0.130. The van der Waals surface area contributed by atoms with E-state index in [0.29, 0.717) is 23.2 Å². The molecular formula is C16H20N4O3S. The molecule has 0 aromatic heterocycles. The first-order valence-electron chi connectivity index (χ1n) is 8.10. The Balaban J connectivity index is 1.49. The lowest BCUT2D eigenvalue weighted by atomic mass is 10.0. The Morgan fingerprint density at radius 2 is 1.96 bits per heavy atom. The van der Waals surface area contributed by atoms with E-state index in [9.17, 15) is 13.2 Å². The Morgan fingerprint density at radius 1 is 1.29 bits per heavy atom. The average molecular weight is 348 g/mol. The minimum Gasteiger partial charge on any atom is -0.349 e. The highest BCUT2D eigenvalue weighted by molar-refractivity contribution is 7.90. The van der Waals surface area contributed by atoms with Crippen molar-refractivity contribution in [2.24, 2.45) is 16.2 Å². The van der Waals surface area contributed by atoms with Gasteiger partial charge in [-0.1, -0.05) is 12.1 Å². The fraction of sp³-hybridized carbons (Fsp3) is 0.500. The Bertz CT molecular complexity index is 808. The Hall–Kier alpha value is -1.93. The first-order valence-corrected chi connectivity index (χ1v) is 9.54. The lowest BCUT2D eigenvalue weighted by Gasteiger charge is -2.23. The fourth-order valence-electron chi connectivity index (χ4n) is 3.80. The van der Waals surface area contributed by atoms with Crippen molar-refractivity contribution in [3.05, 3.63) is 29.8 Å². The molecule has 1 aromatic rings. The Morgan fingerprint density at radius 3 is 2.67 bits per heavy atom. The zero-order valence-corrected chi connectivity index (χ0v) is 14.3. The molecule has 7 nitrogen and oxygen atoms in total. The third kappa shape index (κ3) is 2.50. The lowest BCUT2D eigenvalue weighted by Crippen LogP contribution is -2.41. The zero-order valence-electron chi connectivity index (χ0n) is 13.5. The predicted octanol–water partition coefficient (Wildman–Crippen LogP) is -0.255. The molecule has 1 aromatic carbocycles. The fourth-order valence-corrected chi connectivity index (χ4v) is 5.05. The highest BCUT2D eigenvalue weighted by Crippen LogP contribution is 2.28. The van der Waals surface area contributed by atoms with Crippen LogP contribution in [0, 0.1) is 11.8 Å². The molecule has 3 heterocycles. The molecule has 3 aliphatic heterocycles. The maximum Gasteiger partial charge on any atom is 0.285 e. The summed E-state index contributed by atoms with van der Waals surface area (Å²) >= 11 is 0. The quantitative estimate of drug-likeness (QED) is 0.797. The minimum atomic E-state index is -3.65. The number of likely N-dealkylation sites (N-methyl/N-ethyl adjacent to an activating group) is 1. The SMILES string of the molecule is CN(CC(=O)N1C[C@H]2CNC[C@H]2C1)C1=NS(=O)(=O)c2ccccc21. The zero-order chi connectivity index (χ0) is 16.9. The van der Waals surface area contributed by atoms with Crippen molar-refractivity contribution in [2.45, 2.75) is 4.90 Å². The summed E-state index contributed by atoms with van der Waals surface area (Å²) in [6.45, 7) is 3.65. The standard InChI is InChI=1S/C16H20N4O3S/c1-19(10-15(21)20-8-11-6-17-7-12(11)9-20)16-13-4-2-3-5-14(13)24(22,23)18-16/h2-5,11-12,17H,6-10H2,1H3/t11-,12+. The third-order valence-electron chi connectivity index (χ3n) is 5.09. The summed E-state index contributed by atoms with van der Waals surface area (Å²) in [6, 6.07) is 6.73. The van der Waals surface area contributed by atoms with E-state index in [1.165, 1.54) is 0 Å². The van der Waals surface area contributed by atoms with Crippen molar-refractivity contribution in [1.29, 1.82) is 0 Å². The van der Waals surface area contributed by atoms with Gasteiger partial charge in [-0.15, -0.1) is 4.40 Å². The molecule has 2 atom stereocenters. The van der Waals surface area contributed by atoms with E-state index < -0.39 is 10.0 Å². The van der Waals surface area contributed by atoms with Crippen molar-refractivity contribution < 1.29 is 13.2 Å². The van der Waals surface area contributed by atoms with E-state index in [2.05, 4.69) is 9.71 Å². The molecule has 2 fully saturated rings. The number of hydrogen-bond donors (Lipinski definition) is 1. The van der Waals surface area contributed by atoms with Crippen LogP contribution in [0.15, 0.2) is 33.6 Å². The van der Waals surface area contributed by atoms with Crippen LogP contribution in [0.5, 0.6) is 0 Å². The molecular weight excluding hydrogens is 328 g/mol. The van der Waals surface area contributed by atoms with Crippen LogP contribution in [0.4, 0.5) is 0 Å². The van der Waals surface area contributed by atoms with E-state index in [-0.39, 0.29) is 17.3 Å². The van der Waals surface area contributed by atoms with Crippen molar-refractivity contribution in [2.75, 3.05) is 39.8 Å². The summed E-state index contributed by atoms with van der Waals surface area (Å²) in [5, 5.41) is 3.36. The van der Waals surface area contributed by atoms with E-state index in [1.54, 1.807) is 36.2 Å². The predicted molar refractivity (Wildman–Crippen MR) is 89.2 cm³/mol. The van der Waals surface area contributed by atoms with Gasteiger partial charge in [-0.25, -0.2) is 0 Å². The highest BCUT2D eigenvalue weighted by Gasteiger charge is 2.38. The van der Waals surface area contributed by atoms with Crippen LogP contribution < -0.4 is 5.32 Å². The largest absolute Gasteiger partial charge is 0.349 e. The summed E-state index contributed by atoms with van der Waals surface area (Å²) in [5.74, 6) is 1.46. The Labute approximate surface area is 141 Å². The van der Waals surface area contributed by atoms with Crippen LogP contribution >= 0.6 is 0 Å². The molecule has 8 heteroatoms. The first-order chi connectivity index (χ1) is 11.5. The van der Waals surface area contributed by atoms with E-state index in [1.807, 2.05) is 4.90 Å². The monoisotopic (exact) mass is 348 g/mol. The number of amides is 1. The van der Waals surface area contributed by atoms with Crippen molar-refractivity contribution in [3.8, 4) is 0 Å². The van der Waals surface area contributed by atoms with Gasteiger partial charge in [0.05, 0.1) is 6.54 Å². The maximum atomic E-state index is 12.6. The number of carbonyl (C=O) groups is 1. The van der Waals surface area contributed by atoms with Gasteiger partial charge in [-0.3, -0.25) is 4.79 Å². The molecule has 0 unspecified atom stereocenters. The molecule has 4 rings (SSSR count). The number of benzene rings is 1. The van der Waals surface area contributed by atoms with Gasteiger partial charge in [0.25, 0.3) is 10.0 Å². The molecule has 0 aliphatic carbocycles. The topological polar surface area (TPSA) is 82.1 Å². The van der Waals surface area contributed by atoms with Gasteiger partial charge in [-0.2, -0.15) is 8.42 Å². The number of fused-ring (bicyclic) bond motifs is 2. The van der Waals surface area contributed by atoms with Gasteiger partial charge in [0.15, 0.2) is 5.84 Å². The number of likely N-dealkylation sites (tertiary alicyclic amines) is 1. The van der Waals surface area contributed by atoms with E-state index >= 15 is 0 Å². The maximum absolute atomic E-state index is 12.6. The van der Waals surface area contributed by atoms with E-state index in [0.717, 1.165) is 26.2 Å². The number of hydrogen-bond acceptors (Lipinski definition) is 5. The first kappa shape index (κ1) is 15.6. The molecule has 1 amide bonds. The van der Waals surface area contributed by atoms with Crippen LogP contribution in [-0.4, -0.2) is 69.7 Å². The third-order valence-corrected chi connectivity index (χ3v) is 6.41. The molecule has 0 radical (unpaired) electrons. The molecule has 24 heavy (non-hydrogen) atoms. The second-order valence-electron chi connectivity index (χ2n) is 6.72. The highest BCUT2D eigenvalue weighted by atomic mass is 32.2. The molecule has 0 spiro atoms. The number of carbonyl (C=O) groups excluding carboxylic acids is 1. The van der Waals surface area contributed by atoms with Crippen LogP contribution in [0.25, 0.3) is 0 Å². The summed E-state index contributed by atoms with van der Waals surface area (Å²) in [7, 11) is -1.94. The van der Waals surface area contributed by atoms with Crippen molar-refractivity contribution >= 4 is 21.8 Å². The average Bonchev–Trinajstić information content (AvgIpc) is 3.20. The van der Waals surface area contributed by atoms with Gasteiger partial charge in [0.1, 0.15) is 4.90 Å². The number of amidine groups is 1. The summed E-state index contributed by atoms with van der Waals surface area (Å²) in [6.07, 6.45) is 0. The summed E-state index contributed by atoms with van der Waals surface area (Å²) in [4.78, 5) is 16.3. The van der Waals surface area contributed by atoms with Gasteiger partial charge in [0.2, 0.25) is 5.91 Å². The van der Waals surface area contributed by atoms with Gasteiger partial charge >= 0.3 is 0 Å².